The molecule has 0 spiro atoms. The first kappa shape index (κ1) is 46.1. The number of fused-ring (bicyclic) bond motifs is 2. The summed E-state index contributed by atoms with van der Waals surface area (Å²) in [4.78, 5) is 71.8. The standard InChI is InChI=1S/C52H56ClN11O4/c1-33(28-64-44(26-34-12-7-6-8-13-34)48(65)57-41(50(64)67)27-40-46(52(2,3)4)56-32-55-40)49(66)63-25-24-62(29-36(63)19-21-54)47-38-20-23-61(43-18-10-15-35-14-9-17-39(53)45(35)43)30-42(38)58-51(59-47)68-31-37-16-11-22-60(37)5/h6-10,12-15,17-18,26-27,32,36-37H,1,11,16,19-20,22-25,28-31H2,2-5H3,(H,55,56)(H,57,65)/b41-27-,44-26-/t36?,37-/m0/s1. The molecule has 3 aliphatic heterocycles. The van der Waals surface area contributed by atoms with E-state index in [1.54, 1.807) is 23.4 Å². The van der Waals surface area contributed by atoms with E-state index < -0.39 is 23.1 Å². The third-order valence-corrected chi connectivity index (χ3v) is 13.7. The molecule has 6 aromatic rings. The molecular weight excluding hydrogens is 878 g/mol. The van der Waals surface area contributed by atoms with Gasteiger partial charge in [-0.1, -0.05) is 93.5 Å². The summed E-state index contributed by atoms with van der Waals surface area (Å²) in [6.07, 6.45) is 7.58. The molecule has 3 aromatic heterocycles. The van der Waals surface area contributed by atoms with Gasteiger partial charge in [0.1, 0.15) is 23.1 Å². The molecule has 68 heavy (non-hydrogen) atoms. The van der Waals surface area contributed by atoms with Crippen LogP contribution in [0.3, 0.4) is 0 Å². The molecule has 0 aliphatic carbocycles. The number of hydrogen-bond acceptors (Lipinski definition) is 11. The number of aromatic nitrogens is 6. The molecule has 350 valence electrons. The molecule has 3 aliphatic rings. The first-order valence-corrected chi connectivity index (χ1v) is 23.6. The number of anilines is 2. The average molecular weight is 935 g/mol. The molecule has 16 heteroatoms. The Labute approximate surface area is 399 Å². The summed E-state index contributed by atoms with van der Waals surface area (Å²) in [6, 6.07) is 23.7. The molecular formula is C52H56ClN11O4. The van der Waals surface area contributed by atoms with Gasteiger partial charge in [0.2, 0.25) is 0 Å². The maximum atomic E-state index is 14.6. The monoisotopic (exact) mass is 933 g/mol. The summed E-state index contributed by atoms with van der Waals surface area (Å²) in [6.45, 7) is 13.7. The molecule has 2 N–H and O–H groups in total. The molecule has 3 aromatic carbocycles. The van der Waals surface area contributed by atoms with Crippen LogP contribution in [0.15, 0.2) is 94.8 Å². The number of H-pyrrole nitrogens is 2. The van der Waals surface area contributed by atoms with Crippen molar-refractivity contribution in [1.29, 1.82) is 5.26 Å². The SMILES string of the molecule is C=C(Cn1c(=O)/c(=C/c2nc[nH]c2C(C)(C)C)[nH]c(=O)/c1=C/c1ccccc1)C(=O)N1CCN(c2nc(OC[C@@H]3CCCN3C)nc3c2CCN(c2cccc4cccc(Cl)c24)C3)CC1CC#N. The predicted octanol–water partition coefficient (Wildman–Crippen LogP) is 5.03. The Balaban J connectivity index is 1.02. The van der Waals surface area contributed by atoms with E-state index in [0.717, 1.165) is 58.6 Å². The van der Waals surface area contributed by atoms with Gasteiger partial charge >= 0.3 is 6.01 Å². The van der Waals surface area contributed by atoms with Crippen LogP contribution in [0, 0.1) is 11.3 Å². The van der Waals surface area contributed by atoms with Gasteiger partial charge < -0.3 is 34.3 Å². The third kappa shape index (κ3) is 9.43. The van der Waals surface area contributed by atoms with Crippen molar-refractivity contribution < 1.29 is 9.53 Å². The molecule has 0 bridgehead atoms. The van der Waals surface area contributed by atoms with Crippen LogP contribution in [0.4, 0.5) is 11.5 Å². The minimum Gasteiger partial charge on any atom is -0.462 e. The van der Waals surface area contributed by atoms with Gasteiger partial charge in [-0.3, -0.25) is 19.0 Å². The molecule has 1 amide bonds. The Hall–Kier alpha value is -7.02. The van der Waals surface area contributed by atoms with Gasteiger partial charge in [-0.2, -0.15) is 15.2 Å². The fourth-order valence-electron chi connectivity index (χ4n) is 9.75. The molecule has 2 atom stereocenters. The zero-order chi connectivity index (χ0) is 47.7. The number of nitrogens with zero attached hydrogens (tertiary/aromatic N) is 9. The van der Waals surface area contributed by atoms with E-state index in [2.05, 4.69) is 67.5 Å². The molecule has 6 heterocycles. The van der Waals surface area contributed by atoms with Crippen molar-refractivity contribution in [3.63, 3.8) is 0 Å². The minimum absolute atomic E-state index is 0.0184. The van der Waals surface area contributed by atoms with E-state index >= 15 is 0 Å². The van der Waals surface area contributed by atoms with Crippen molar-refractivity contribution in [3.8, 4) is 12.1 Å². The lowest BCUT2D eigenvalue weighted by molar-refractivity contribution is -0.130. The van der Waals surface area contributed by atoms with Gasteiger partial charge in [0.25, 0.3) is 17.0 Å². The summed E-state index contributed by atoms with van der Waals surface area (Å²) < 4.78 is 7.71. The summed E-state index contributed by atoms with van der Waals surface area (Å²) in [5, 5.41) is 13.0. The number of aromatic amines is 2. The van der Waals surface area contributed by atoms with Crippen LogP contribution >= 0.6 is 11.6 Å². The normalized spacial score (nSPS) is 18.3. The van der Waals surface area contributed by atoms with Crippen molar-refractivity contribution in [3.05, 3.63) is 150 Å². The van der Waals surface area contributed by atoms with Crippen molar-refractivity contribution >= 4 is 51.9 Å². The number of likely N-dealkylation sites (N-methyl/N-ethyl adjacent to an activating group) is 1. The highest BCUT2D eigenvalue weighted by Gasteiger charge is 2.35. The van der Waals surface area contributed by atoms with Gasteiger partial charge in [-0.25, -0.2) is 4.98 Å². The summed E-state index contributed by atoms with van der Waals surface area (Å²) >= 11 is 6.81. The van der Waals surface area contributed by atoms with Crippen LogP contribution in [-0.2, 0) is 29.7 Å². The van der Waals surface area contributed by atoms with Crippen molar-refractivity contribution in [2.24, 2.45) is 0 Å². The molecule has 0 radical (unpaired) electrons. The fourth-order valence-corrected chi connectivity index (χ4v) is 10.0. The van der Waals surface area contributed by atoms with Crippen molar-refractivity contribution in [2.45, 2.75) is 77.0 Å². The fraction of sp³-hybridized carbons (Fsp3) is 0.365. The lowest BCUT2D eigenvalue weighted by atomic mass is 9.90. The molecule has 9 rings (SSSR count). The van der Waals surface area contributed by atoms with Crippen LogP contribution in [-0.4, -0.2) is 104 Å². The van der Waals surface area contributed by atoms with Gasteiger partial charge in [0.05, 0.1) is 54.4 Å². The molecule has 15 nitrogen and oxygen atoms in total. The van der Waals surface area contributed by atoms with E-state index in [9.17, 15) is 19.6 Å². The second-order valence-corrected chi connectivity index (χ2v) is 19.4. The third-order valence-electron chi connectivity index (χ3n) is 13.3. The Kier molecular flexibility index (Phi) is 13.1. The number of carbonyl (C=O) groups is 1. The number of piperazine rings is 1. The molecule has 1 unspecified atom stereocenters. The van der Waals surface area contributed by atoms with E-state index in [-0.39, 0.29) is 47.2 Å². The number of imidazole rings is 1. The van der Waals surface area contributed by atoms with Gasteiger partial charge in [-0.05, 0) is 68.1 Å². The highest BCUT2D eigenvalue weighted by atomic mass is 35.5. The van der Waals surface area contributed by atoms with Crippen LogP contribution in [0.1, 0.15) is 68.2 Å². The topological polar surface area (TPSA) is 172 Å². The van der Waals surface area contributed by atoms with Crippen molar-refractivity contribution in [1.82, 2.24) is 39.3 Å². The quantitative estimate of drug-likeness (QED) is 0.167. The van der Waals surface area contributed by atoms with Gasteiger partial charge in [0, 0.05) is 65.5 Å². The Bertz CT molecular complexity index is 3180. The predicted molar refractivity (Wildman–Crippen MR) is 265 cm³/mol. The second kappa shape index (κ2) is 19.3. The van der Waals surface area contributed by atoms with Gasteiger partial charge in [-0.15, -0.1) is 0 Å². The smallest absolute Gasteiger partial charge is 0.318 e. The maximum Gasteiger partial charge on any atom is 0.318 e. The number of halogens is 1. The summed E-state index contributed by atoms with van der Waals surface area (Å²) in [7, 11) is 2.11. The van der Waals surface area contributed by atoms with Crippen LogP contribution in [0.25, 0.3) is 22.9 Å². The number of ether oxygens (including phenoxy) is 1. The number of rotatable bonds is 11. The van der Waals surface area contributed by atoms with Crippen molar-refractivity contribution in [2.75, 3.05) is 56.2 Å². The number of hydrogen-bond donors (Lipinski definition) is 2. The summed E-state index contributed by atoms with van der Waals surface area (Å²) in [5.41, 5.74) is 3.64. The average Bonchev–Trinajstić information content (AvgIpc) is 3.99. The highest BCUT2D eigenvalue weighted by molar-refractivity contribution is 6.36. The van der Waals surface area contributed by atoms with E-state index in [1.165, 1.54) is 4.57 Å². The largest absolute Gasteiger partial charge is 0.462 e. The zero-order valence-electron chi connectivity index (χ0n) is 39.0. The molecule has 2 saturated heterocycles. The van der Waals surface area contributed by atoms with Crippen LogP contribution in [0.5, 0.6) is 6.01 Å². The lowest BCUT2D eigenvalue weighted by Gasteiger charge is -2.42. The summed E-state index contributed by atoms with van der Waals surface area (Å²) in [5.74, 6) is 0.329. The number of carbonyl (C=O) groups excluding carboxylic acids is 1. The molecule has 0 saturated carbocycles. The Morgan fingerprint density at radius 1 is 0.985 bits per heavy atom. The van der Waals surface area contributed by atoms with Crippen LogP contribution in [0.2, 0.25) is 5.02 Å². The number of amides is 1. The molecule has 2 fully saturated rings. The number of benzene rings is 3. The maximum absolute atomic E-state index is 14.6. The minimum atomic E-state index is -0.538. The van der Waals surface area contributed by atoms with E-state index in [1.807, 2.05) is 69.3 Å². The number of nitriles is 1. The zero-order valence-corrected chi connectivity index (χ0v) is 39.7. The second-order valence-electron chi connectivity index (χ2n) is 18.9. The first-order valence-electron chi connectivity index (χ1n) is 23.2. The number of likely N-dealkylation sites (tertiary alicyclic amines) is 1. The first-order chi connectivity index (χ1) is 32.8. The number of nitrogens with one attached hydrogen (secondary N) is 2. The Morgan fingerprint density at radius 2 is 1.78 bits per heavy atom. The van der Waals surface area contributed by atoms with E-state index in [0.29, 0.717) is 61.5 Å². The van der Waals surface area contributed by atoms with Gasteiger partial charge in [0.15, 0.2) is 0 Å². The van der Waals surface area contributed by atoms with Crippen LogP contribution < -0.4 is 36.4 Å². The highest BCUT2D eigenvalue weighted by Crippen LogP contribution is 2.37. The Morgan fingerprint density at radius 3 is 2.53 bits per heavy atom. The lowest BCUT2D eigenvalue weighted by Crippen LogP contribution is -2.57. The van der Waals surface area contributed by atoms with E-state index in [4.69, 9.17) is 26.3 Å².